The second-order valence-corrected chi connectivity index (χ2v) is 6.18. The molecule has 2 fully saturated rings. The molecule has 1 saturated heterocycles. The van der Waals surface area contributed by atoms with E-state index in [2.05, 4.69) is 31.2 Å². The standard InChI is InChI=1S/C17H24O3/c1-2-14-3-5-15(6-4-14)13-16(18)7-9-17(10-8-16)19-11-12-20-17/h3-6,18H,2,7-13H2,1H3. The molecule has 110 valence electrons. The third-order valence-electron chi connectivity index (χ3n) is 4.72. The van der Waals surface area contributed by atoms with Gasteiger partial charge in [0.2, 0.25) is 0 Å². The molecule has 20 heavy (non-hydrogen) atoms. The van der Waals surface area contributed by atoms with Crippen molar-refractivity contribution in [3.63, 3.8) is 0 Å². The molecule has 0 bridgehead atoms. The fraction of sp³-hybridized carbons (Fsp3) is 0.647. The van der Waals surface area contributed by atoms with Crippen LogP contribution in [-0.4, -0.2) is 29.7 Å². The minimum Gasteiger partial charge on any atom is -0.390 e. The Morgan fingerprint density at radius 2 is 1.50 bits per heavy atom. The Morgan fingerprint density at radius 3 is 2.05 bits per heavy atom. The molecular weight excluding hydrogens is 252 g/mol. The Morgan fingerprint density at radius 1 is 0.950 bits per heavy atom. The predicted octanol–water partition coefficient (Wildman–Crippen LogP) is 2.84. The molecule has 1 spiro atoms. The Kier molecular flexibility index (Phi) is 3.85. The van der Waals surface area contributed by atoms with Crippen LogP contribution in [0.5, 0.6) is 0 Å². The molecule has 0 aromatic heterocycles. The summed E-state index contributed by atoms with van der Waals surface area (Å²) in [4.78, 5) is 0. The zero-order chi connectivity index (χ0) is 14.1. The van der Waals surface area contributed by atoms with E-state index in [1.807, 2.05) is 0 Å². The first-order valence-electron chi connectivity index (χ1n) is 7.71. The average Bonchev–Trinajstić information content (AvgIpc) is 2.93. The van der Waals surface area contributed by atoms with Gasteiger partial charge in [-0.05, 0) is 30.4 Å². The Hall–Kier alpha value is -0.900. The number of rotatable bonds is 3. The van der Waals surface area contributed by atoms with Gasteiger partial charge in [-0.2, -0.15) is 0 Å². The van der Waals surface area contributed by atoms with E-state index < -0.39 is 11.4 Å². The summed E-state index contributed by atoms with van der Waals surface area (Å²) in [6.45, 7) is 3.54. The van der Waals surface area contributed by atoms with Crippen LogP contribution in [0, 0.1) is 0 Å². The van der Waals surface area contributed by atoms with Crippen LogP contribution in [-0.2, 0) is 22.3 Å². The molecule has 0 radical (unpaired) electrons. The Bertz CT molecular complexity index is 436. The fourth-order valence-corrected chi connectivity index (χ4v) is 3.33. The highest BCUT2D eigenvalue weighted by atomic mass is 16.7. The lowest BCUT2D eigenvalue weighted by Crippen LogP contribution is -2.44. The molecule has 1 aliphatic carbocycles. The minimum atomic E-state index is -0.603. The van der Waals surface area contributed by atoms with E-state index in [-0.39, 0.29) is 0 Å². The fourth-order valence-electron chi connectivity index (χ4n) is 3.33. The van der Waals surface area contributed by atoms with Gasteiger partial charge in [0.05, 0.1) is 18.8 Å². The molecule has 1 aliphatic heterocycles. The van der Waals surface area contributed by atoms with Crippen LogP contribution in [0.4, 0.5) is 0 Å². The molecule has 1 heterocycles. The molecule has 1 N–H and O–H groups in total. The first-order chi connectivity index (χ1) is 9.63. The predicted molar refractivity (Wildman–Crippen MR) is 77.6 cm³/mol. The maximum atomic E-state index is 10.8. The number of aryl methyl sites for hydroxylation is 1. The Balaban J connectivity index is 1.62. The van der Waals surface area contributed by atoms with E-state index in [1.165, 1.54) is 11.1 Å². The maximum absolute atomic E-state index is 10.8. The van der Waals surface area contributed by atoms with Crippen LogP contribution in [0.1, 0.15) is 43.7 Å². The first-order valence-corrected chi connectivity index (χ1v) is 7.71. The number of hydrogen-bond donors (Lipinski definition) is 1. The van der Waals surface area contributed by atoms with E-state index in [0.717, 1.165) is 38.5 Å². The van der Waals surface area contributed by atoms with Gasteiger partial charge in [0.15, 0.2) is 5.79 Å². The second kappa shape index (κ2) is 5.47. The quantitative estimate of drug-likeness (QED) is 0.922. The summed E-state index contributed by atoms with van der Waals surface area (Å²) in [6.07, 6.45) is 4.90. The summed E-state index contributed by atoms with van der Waals surface area (Å²) < 4.78 is 11.4. The minimum absolute atomic E-state index is 0.391. The highest BCUT2D eigenvalue weighted by Crippen LogP contribution is 2.41. The summed E-state index contributed by atoms with van der Waals surface area (Å²) in [7, 11) is 0. The summed E-state index contributed by atoms with van der Waals surface area (Å²) in [5.41, 5.74) is 1.96. The van der Waals surface area contributed by atoms with Crippen LogP contribution in [0.2, 0.25) is 0 Å². The van der Waals surface area contributed by atoms with Gasteiger partial charge >= 0.3 is 0 Å². The monoisotopic (exact) mass is 276 g/mol. The van der Waals surface area contributed by atoms with E-state index in [4.69, 9.17) is 9.47 Å². The molecule has 2 aliphatic rings. The highest BCUT2D eigenvalue weighted by molar-refractivity contribution is 5.24. The lowest BCUT2D eigenvalue weighted by atomic mass is 9.78. The molecule has 3 rings (SSSR count). The van der Waals surface area contributed by atoms with Gasteiger partial charge in [-0.3, -0.25) is 0 Å². The van der Waals surface area contributed by atoms with Crippen LogP contribution < -0.4 is 0 Å². The third kappa shape index (κ3) is 2.90. The van der Waals surface area contributed by atoms with Crippen LogP contribution >= 0.6 is 0 Å². The number of ether oxygens (including phenoxy) is 2. The second-order valence-electron chi connectivity index (χ2n) is 6.18. The Labute approximate surface area is 120 Å². The van der Waals surface area contributed by atoms with Gasteiger partial charge < -0.3 is 14.6 Å². The number of hydrogen-bond acceptors (Lipinski definition) is 3. The SMILES string of the molecule is CCc1ccc(CC2(O)CCC3(CC2)OCCO3)cc1. The highest BCUT2D eigenvalue weighted by Gasteiger charge is 2.45. The third-order valence-corrected chi connectivity index (χ3v) is 4.72. The molecule has 1 saturated carbocycles. The van der Waals surface area contributed by atoms with Crippen molar-refractivity contribution in [2.75, 3.05) is 13.2 Å². The van der Waals surface area contributed by atoms with Crippen LogP contribution in [0.3, 0.4) is 0 Å². The van der Waals surface area contributed by atoms with Gasteiger partial charge in [0.25, 0.3) is 0 Å². The average molecular weight is 276 g/mol. The van der Waals surface area contributed by atoms with Gasteiger partial charge in [-0.1, -0.05) is 31.2 Å². The molecule has 1 aromatic rings. The number of benzene rings is 1. The van der Waals surface area contributed by atoms with Gasteiger partial charge in [0, 0.05) is 19.3 Å². The number of aliphatic hydroxyl groups is 1. The largest absolute Gasteiger partial charge is 0.390 e. The molecular formula is C17H24O3. The summed E-state index contributed by atoms with van der Waals surface area (Å²) in [5.74, 6) is -0.391. The molecule has 0 amide bonds. The van der Waals surface area contributed by atoms with Gasteiger partial charge in [-0.15, -0.1) is 0 Å². The van der Waals surface area contributed by atoms with Crippen LogP contribution in [0.25, 0.3) is 0 Å². The van der Waals surface area contributed by atoms with E-state index >= 15 is 0 Å². The van der Waals surface area contributed by atoms with Gasteiger partial charge in [-0.25, -0.2) is 0 Å². The lowest BCUT2D eigenvalue weighted by molar-refractivity contribution is -0.202. The molecule has 3 heteroatoms. The van der Waals surface area contributed by atoms with Crippen molar-refractivity contribution in [3.8, 4) is 0 Å². The topological polar surface area (TPSA) is 38.7 Å². The van der Waals surface area contributed by atoms with Crippen molar-refractivity contribution in [3.05, 3.63) is 35.4 Å². The summed E-state index contributed by atoms with van der Waals surface area (Å²) in [6, 6.07) is 8.60. The van der Waals surface area contributed by atoms with Crippen molar-refractivity contribution >= 4 is 0 Å². The van der Waals surface area contributed by atoms with Crippen molar-refractivity contribution < 1.29 is 14.6 Å². The van der Waals surface area contributed by atoms with Crippen molar-refractivity contribution in [2.24, 2.45) is 0 Å². The van der Waals surface area contributed by atoms with E-state index in [0.29, 0.717) is 13.2 Å². The maximum Gasteiger partial charge on any atom is 0.168 e. The zero-order valence-corrected chi connectivity index (χ0v) is 12.2. The van der Waals surface area contributed by atoms with E-state index in [1.54, 1.807) is 0 Å². The van der Waals surface area contributed by atoms with Crippen molar-refractivity contribution in [1.82, 2.24) is 0 Å². The smallest absolute Gasteiger partial charge is 0.168 e. The zero-order valence-electron chi connectivity index (χ0n) is 12.2. The first kappa shape index (κ1) is 14.1. The molecule has 1 aromatic carbocycles. The van der Waals surface area contributed by atoms with E-state index in [9.17, 15) is 5.11 Å². The lowest BCUT2D eigenvalue weighted by Gasteiger charge is -2.40. The van der Waals surface area contributed by atoms with Gasteiger partial charge in [0.1, 0.15) is 0 Å². The van der Waals surface area contributed by atoms with Crippen molar-refractivity contribution in [1.29, 1.82) is 0 Å². The summed E-state index contributed by atoms with van der Waals surface area (Å²) in [5, 5.41) is 10.8. The normalized spacial score (nSPS) is 24.1. The molecule has 0 unspecified atom stereocenters. The van der Waals surface area contributed by atoms with Crippen molar-refractivity contribution in [2.45, 2.75) is 56.8 Å². The van der Waals surface area contributed by atoms with Crippen LogP contribution in [0.15, 0.2) is 24.3 Å². The molecule has 0 atom stereocenters. The molecule has 3 nitrogen and oxygen atoms in total. The summed E-state index contributed by atoms with van der Waals surface area (Å²) >= 11 is 0.